The van der Waals surface area contributed by atoms with E-state index in [0.717, 1.165) is 34.6 Å². The van der Waals surface area contributed by atoms with Gasteiger partial charge in [0.2, 0.25) is 5.95 Å². The van der Waals surface area contributed by atoms with Crippen LogP contribution in [0.3, 0.4) is 0 Å². The van der Waals surface area contributed by atoms with E-state index in [4.69, 9.17) is 15.5 Å². The average Bonchev–Trinajstić information content (AvgIpc) is 3.09. The Morgan fingerprint density at radius 2 is 1.86 bits per heavy atom. The fourth-order valence-corrected chi connectivity index (χ4v) is 3.13. The van der Waals surface area contributed by atoms with Crippen LogP contribution in [0.25, 0.3) is 28.0 Å². The monoisotopic (exact) mass is 388 g/mol. The van der Waals surface area contributed by atoms with Crippen molar-refractivity contribution in [3.05, 3.63) is 54.6 Å². The molecule has 0 aliphatic rings. The van der Waals surface area contributed by atoms with Gasteiger partial charge in [-0.25, -0.2) is 9.67 Å². The number of ether oxygens (including phenoxy) is 1. The first-order valence-corrected chi connectivity index (χ1v) is 9.56. The molecule has 7 heteroatoms. The number of hydrogen-bond donors (Lipinski definition) is 2. The van der Waals surface area contributed by atoms with E-state index in [9.17, 15) is 0 Å². The number of hydrogen-bond acceptors (Lipinski definition) is 6. The lowest BCUT2D eigenvalue weighted by atomic mass is 10.1. The minimum absolute atomic E-state index is 0.460. The minimum atomic E-state index is 0.460. The van der Waals surface area contributed by atoms with Crippen molar-refractivity contribution in [3.63, 3.8) is 0 Å². The molecular weight excluding hydrogens is 364 g/mol. The van der Waals surface area contributed by atoms with E-state index in [1.54, 1.807) is 11.8 Å². The summed E-state index contributed by atoms with van der Waals surface area (Å²) in [7, 11) is 1.64. The molecule has 3 N–H and O–H groups in total. The van der Waals surface area contributed by atoms with Crippen molar-refractivity contribution in [1.29, 1.82) is 0 Å². The van der Waals surface area contributed by atoms with Crippen LogP contribution in [0.4, 0.5) is 11.8 Å². The van der Waals surface area contributed by atoms with E-state index in [-0.39, 0.29) is 0 Å². The second-order valence-corrected chi connectivity index (χ2v) is 7.23. The summed E-state index contributed by atoms with van der Waals surface area (Å²) in [6.07, 6.45) is 0. The van der Waals surface area contributed by atoms with Gasteiger partial charge in [-0.05, 0) is 30.2 Å². The molecule has 4 rings (SSSR count). The molecule has 0 amide bonds. The molecule has 0 atom stereocenters. The molecule has 29 heavy (non-hydrogen) atoms. The topological polar surface area (TPSA) is 90.9 Å². The Kier molecular flexibility index (Phi) is 5.03. The summed E-state index contributed by atoms with van der Waals surface area (Å²) in [5, 5.41) is 8.69. The molecule has 4 aromatic rings. The third-order valence-corrected chi connectivity index (χ3v) is 4.58. The zero-order chi connectivity index (χ0) is 20.4. The van der Waals surface area contributed by atoms with Crippen LogP contribution in [0, 0.1) is 5.92 Å². The van der Waals surface area contributed by atoms with Crippen LogP contribution >= 0.6 is 0 Å². The summed E-state index contributed by atoms with van der Waals surface area (Å²) in [5.41, 5.74) is 9.55. The third-order valence-electron chi connectivity index (χ3n) is 4.58. The highest BCUT2D eigenvalue weighted by molar-refractivity contribution is 5.99. The van der Waals surface area contributed by atoms with Crippen molar-refractivity contribution in [2.45, 2.75) is 13.8 Å². The molecule has 0 bridgehead atoms. The highest BCUT2D eigenvalue weighted by Gasteiger charge is 2.19. The molecule has 0 saturated heterocycles. The van der Waals surface area contributed by atoms with Crippen LogP contribution in [-0.2, 0) is 0 Å². The Labute approximate surface area is 169 Å². The number of aromatic nitrogens is 4. The van der Waals surface area contributed by atoms with Crippen LogP contribution in [0.5, 0.6) is 5.75 Å². The zero-order valence-electron chi connectivity index (χ0n) is 16.8. The van der Waals surface area contributed by atoms with Gasteiger partial charge in [0.15, 0.2) is 5.65 Å². The molecule has 0 saturated carbocycles. The van der Waals surface area contributed by atoms with Crippen molar-refractivity contribution in [1.82, 2.24) is 19.7 Å². The number of methoxy groups -OCH3 is 1. The average molecular weight is 388 g/mol. The number of nitrogen functional groups attached to an aromatic ring is 1. The zero-order valence-corrected chi connectivity index (χ0v) is 16.8. The number of benzene rings is 2. The number of nitrogens with zero attached hydrogens (tertiary/aromatic N) is 4. The van der Waals surface area contributed by atoms with Crippen molar-refractivity contribution in [2.24, 2.45) is 5.92 Å². The predicted octanol–water partition coefficient (Wildman–Crippen LogP) is 4.14. The number of anilines is 2. The highest BCUT2D eigenvalue weighted by Crippen LogP contribution is 2.34. The van der Waals surface area contributed by atoms with Gasteiger partial charge in [0.05, 0.1) is 23.9 Å². The summed E-state index contributed by atoms with van der Waals surface area (Å²) in [6.45, 7) is 5.03. The van der Waals surface area contributed by atoms with Crippen molar-refractivity contribution in [2.75, 3.05) is 24.7 Å². The van der Waals surface area contributed by atoms with E-state index < -0.39 is 0 Å². The smallest absolute Gasteiger partial charge is 0.225 e. The number of nitrogens with one attached hydrogen (secondary N) is 1. The van der Waals surface area contributed by atoms with E-state index in [0.29, 0.717) is 23.3 Å². The van der Waals surface area contributed by atoms with E-state index >= 15 is 0 Å². The van der Waals surface area contributed by atoms with Crippen LogP contribution in [0.15, 0.2) is 54.6 Å². The Balaban J connectivity index is 1.94. The molecule has 0 aliphatic heterocycles. The van der Waals surface area contributed by atoms with E-state index in [2.05, 4.69) is 29.2 Å². The lowest BCUT2D eigenvalue weighted by molar-refractivity contribution is 0.415. The maximum absolute atomic E-state index is 6.52. The summed E-state index contributed by atoms with van der Waals surface area (Å²) < 4.78 is 7.09. The Morgan fingerprint density at radius 3 is 2.59 bits per heavy atom. The molecular formula is C22H24N6O. The maximum atomic E-state index is 6.52. The number of rotatable bonds is 6. The fraction of sp³-hybridized carbons (Fsp3) is 0.227. The van der Waals surface area contributed by atoms with Crippen LogP contribution in [0.1, 0.15) is 13.8 Å². The fourth-order valence-electron chi connectivity index (χ4n) is 3.13. The standard InChI is InChI=1S/C22H24N6O/c1-14(2)13-24-22-25-19(15-8-7-11-17(12-15)29-3)18-20(23)28(27-21(18)26-22)16-9-5-4-6-10-16/h4-12,14H,13,23H2,1-3H3,(H,24,26,27). The molecule has 2 aromatic carbocycles. The van der Waals surface area contributed by atoms with E-state index in [1.165, 1.54) is 0 Å². The first-order valence-electron chi connectivity index (χ1n) is 9.56. The molecule has 0 unspecified atom stereocenters. The number of para-hydroxylation sites is 1. The summed E-state index contributed by atoms with van der Waals surface area (Å²) >= 11 is 0. The Morgan fingerprint density at radius 1 is 1.07 bits per heavy atom. The Bertz CT molecular complexity index is 1140. The lowest BCUT2D eigenvalue weighted by Crippen LogP contribution is -2.11. The summed E-state index contributed by atoms with van der Waals surface area (Å²) in [6, 6.07) is 17.5. The normalized spacial score (nSPS) is 11.2. The molecule has 7 nitrogen and oxygen atoms in total. The van der Waals surface area contributed by atoms with Crippen molar-refractivity contribution < 1.29 is 4.74 Å². The molecule has 0 spiro atoms. The van der Waals surface area contributed by atoms with Gasteiger partial charge in [-0.3, -0.25) is 0 Å². The lowest BCUT2D eigenvalue weighted by Gasteiger charge is -2.10. The number of nitrogens with two attached hydrogens (primary N) is 1. The summed E-state index contributed by atoms with van der Waals surface area (Å²) in [5.74, 6) is 2.24. The van der Waals surface area contributed by atoms with Gasteiger partial charge < -0.3 is 15.8 Å². The molecule has 2 aromatic heterocycles. The van der Waals surface area contributed by atoms with Crippen LogP contribution in [-0.4, -0.2) is 33.4 Å². The van der Waals surface area contributed by atoms with E-state index in [1.807, 2.05) is 54.6 Å². The third kappa shape index (κ3) is 3.71. The SMILES string of the molecule is COc1cccc(-c2nc(NCC(C)C)nc3nn(-c4ccccc4)c(N)c23)c1. The molecule has 0 fully saturated rings. The molecule has 148 valence electrons. The quantitative estimate of drug-likeness (QED) is 0.516. The number of fused-ring (bicyclic) bond motifs is 1. The van der Waals surface area contributed by atoms with Crippen LogP contribution < -0.4 is 15.8 Å². The largest absolute Gasteiger partial charge is 0.497 e. The predicted molar refractivity (Wildman–Crippen MR) is 116 cm³/mol. The Hall–Kier alpha value is -3.61. The van der Waals surface area contributed by atoms with Crippen molar-refractivity contribution >= 4 is 22.8 Å². The van der Waals surface area contributed by atoms with Gasteiger partial charge in [-0.1, -0.05) is 44.2 Å². The minimum Gasteiger partial charge on any atom is -0.497 e. The molecule has 2 heterocycles. The van der Waals surface area contributed by atoms with Crippen molar-refractivity contribution in [3.8, 4) is 22.7 Å². The molecule has 0 aliphatic carbocycles. The first kappa shape index (κ1) is 18.7. The second kappa shape index (κ2) is 7.79. The van der Waals surface area contributed by atoms with Gasteiger partial charge in [-0.15, -0.1) is 5.10 Å². The highest BCUT2D eigenvalue weighted by atomic mass is 16.5. The van der Waals surface area contributed by atoms with Crippen LogP contribution in [0.2, 0.25) is 0 Å². The van der Waals surface area contributed by atoms with Gasteiger partial charge in [0.25, 0.3) is 0 Å². The van der Waals surface area contributed by atoms with Gasteiger partial charge in [0.1, 0.15) is 11.6 Å². The first-order chi connectivity index (χ1) is 14.1. The van der Waals surface area contributed by atoms with Gasteiger partial charge in [0, 0.05) is 12.1 Å². The summed E-state index contributed by atoms with van der Waals surface area (Å²) in [4.78, 5) is 9.39. The maximum Gasteiger partial charge on any atom is 0.225 e. The second-order valence-electron chi connectivity index (χ2n) is 7.23. The van der Waals surface area contributed by atoms with Gasteiger partial charge in [-0.2, -0.15) is 4.98 Å². The van der Waals surface area contributed by atoms with Gasteiger partial charge >= 0.3 is 0 Å². The molecule has 0 radical (unpaired) electrons.